The van der Waals surface area contributed by atoms with Crippen LogP contribution in [0.3, 0.4) is 0 Å². The van der Waals surface area contributed by atoms with E-state index in [2.05, 4.69) is 0 Å². The second-order valence-corrected chi connectivity index (χ2v) is 4.01. The average Bonchev–Trinajstić information content (AvgIpc) is 2.55. The molecule has 5 atom stereocenters. The van der Waals surface area contributed by atoms with E-state index in [0.717, 1.165) is 0 Å². The molecule has 2 aliphatic rings. The molecule has 1 fully saturated rings. The molecular formula is C10H16O3. The van der Waals surface area contributed by atoms with E-state index in [1.807, 2.05) is 26.0 Å². The number of ether oxygens (including phenoxy) is 2. The zero-order valence-corrected chi connectivity index (χ0v) is 8.23. The van der Waals surface area contributed by atoms with Crippen LogP contribution in [-0.2, 0) is 9.47 Å². The lowest BCUT2D eigenvalue weighted by molar-refractivity contribution is -0.279. The van der Waals surface area contributed by atoms with E-state index in [0.29, 0.717) is 0 Å². The highest BCUT2D eigenvalue weighted by Gasteiger charge is 2.52. The molecule has 1 saturated heterocycles. The van der Waals surface area contributed by atoms with Crippen LogP contribution in [0, 0.1) is 11.8 Å². The maximum Gasteiger partial charge on any atom is 0.193 e. The molecule has 0 aromatic carbocycles. The van der Waals surface area contributed by atoms with Crippen molar-refractivity contribution in [2.24, 2.45) is 11.8 Å². The summed E-state index contributed by atoms with van der Waals surface area (Å²) < 4.78 is 11.1. The molecule has 2 rings (SSSR count). The number of rotatable bonds is 1. The lowest BCUT2D eigenvalue weighted by Gasteiger charge is -2.43. The van der Waals surface area contributed by atoms with Gasteiger partial charge in [0.1, 0.15) is 0 Å². The SMILES string of the molecule is CO[C@]12C=C[C@H](O1)[C@H](C)[C@H](O)[C@@H]2C. The molecule has 2 bridgehead atoms. The van der Waals surface area contributed by atoms with E-state index in [-0.39, 0.29) is 24.0 Å². The second-order valence-electron chi connectivity index (χ2n) is 4.01. The fraction of sp³-hybridized carbons (Fsp3) is 0.800. The summed E-state index contributed by atoms with van der Waals surface area (Å²) >= 11 is 0. The molecule has 3 nitrogen and oxygen atoms in total. The summed E-state index contributed by atoms with van der Waals surface area (Å²) in [6.45, 7) is 3.96. The van der Waals surface area contributed by atoms with Crippen LogP contribution in [0.15, 0.2) is 12.2 Å². The third-order valence-corrected chi connectivity index (χ3v) is 3.36. The number of aliphatic hydroxyl groups is 1. The molecule has 2 heterocycles. The van der Waals surface area contributed by atoms with Gasteiger partial charge in [0.25, 0.3) is 0 Å². The number of hydrogen-bond donors (Lipinski definition) is 1. The van der Waals surface area contributed by atoms with Crippen molar-refractivity contribution in [3.63, 3.8) is 0 Å². The highest BCUT2D eigenvalue weighted by atomic mass is 16.7. The molecule has 2 aliphatic heterocycles. The van der Waals surface area contributed by atoms with E-state index >= 15 is 0 Å². The van der Waals surface area contributed by atoms with Crippen LogP contribution in [0.25, 0.3) is 0 Å². The van der Waals surface area contributed by atoms with Crippen molar-refractivity contribution < 1.29 is 14.6 Å². The first kappa shape index (κ1) is 9.19. The summed E-state index contributed by atoms with van der Waals surface area (Å²) in [7, 11) is 1.62. The minimum Gasteiger partial charge on any atom is -0.392 e. The number of hydrogen-bond acceptors (Lipinski definition) is 3. The first-order chi connectivity index (χ1) is 6.10. The topological polar surface area (TPSA) is 38.7 Å². The van der Waals surface area contributed by atoms with Crippen LogP contribution >= 0.6 is 0 Å². The Labute approximate surface area is 78.3 Å². The highest BCUT2D eigenvalue weighted by molar-refractivity contribution is 5.16. The molecule has 13 heavy (non-hydrogen) atoms. The Morgan fingerprint density at radius 1 is 1.46 bits per heavy atom. The molecular weight excluding hydrogens is 168 g/mol. The highest BCUT2D eigenvalue weighted by Crippen LogP contribution is 2.43. The Bertz CT molecular complexity index is 238. The molecule has 0 aromatic heterocycles. The molecule has 74 valence electrons. The van der Waals surface area contributed by atoms with Crippen LogP contribution < -0.4 is 0 Å². The van der Waals surface area contributed by atoms with Gasteiger partial charge in [-0.05, 0) is 6.08 Å². The number of fused-ring (bicyclic) bond motifs is 2. The van der Waals surface area contributed by atoms with Crippen LogP contribution in [-0.4, -0.2) is 30.2 Å². The van der Waals surface area contributed by atoms with Crippen molar-refractivity contribution in [2.45, 2.75) is 31.8 Å². The van der Waals surface area contributed by atoms with Gasteiger partial charge in [-0.3, -0.25) is 0 Å². The number of aliphatic hydroxyl groups excluding tert-OH is 1. The molecule has 0 spiro atoms. The molecule has 0 amide bonds. The van der Waals surface area contributed by atoms with Crippen molar-refractivity contribution in [3.8, 4) is 0 Å². The summed E-state index contributed by atoms with van der Waals surface area (Å²) in [4.78, 5) is 0. The van der Waals surface area contributed by atoms with Crippen LogP contribution in [0.4, 0.5) is 0 Å². The predicted molar refractivity (Wildman–Crippen MR) is 48.1 cm³/mol. The Morgan fingerprint density at radius 2 is 2.15 bits per heavy atom. The van der Waals surface area contributed by atoms with Gasteiger partial charge in [-0.2, -0.15) is 0 Å². The van der Waals surface area contributed by atoms with Crippen LogP contribution in [0.5, 0.6) is 0 Å². The largest absolute Gasteiger partial charge is 0.392 e. The Balaban J connectivity index is 2.31. The zero-order valence-electron chi connectivity index (χ0n) is 8.23. The summed E-state index contributed by atoms with van der Waals surface area (Å²) in [6.07, 6.45) is 3.57. The fourth-order valence-electron chi connectivity index (χ4n) is 2.25. The van der Waals surface area contributed by atoms with E-state index in [9.17, 15) is 5.11 Å². The summed E-state index contributed by atoms with van der Waals surface area (Å²) in [5.74, 6) is -0.545. The third-order valence-electron chi connectivity index (χ3n) is 3.36. The van der Waals surface area contributed by atoms with Gasteiger partial charge in [-0.15, -0.1) is 0 Å². The van der Waals surface area contributed by atoms with Crippen molar-refractivity contribution in [3.05, 3.63) is 12.2 Å². The van der Waals surface area contributed by atoms with Crippen molar-refractivity contribution in [1.29, 1.82) is 0 Å². The summed E-state index contributed by atoms with van der Waals surface area (Å²) in [5, 5.41) is 9.92. The van der Waals surface area contributed by atoms with Crippen molar-refractivity contribution in [2.75, 3.05) is 7.11 Å². The lowest BCUT2D eigenvalue weighted by Crippen LogP contribution is -2.53. The van der Waals surface area contributed by atoms with Crippen molar-refractivity contribution >= 4 is 0 Å². The maximum absolute atomic E-state index is 9.92. The molecule has 0 saturated carbocycles. The van der Waals surface area contributed by atoms with E-state index < -0.39 is 5.79 Å². The average molecular weight is 184 g/mol. The standard InChI is InChI=1S/C10H16O3/c1-6-8-4-5-10(12-3,13-8)7(2)9(6)11/h4-9,11H,1-3H3/t6-,7-,8-,9-,10+/m0/s1. The summed E-state index contributed by atoms with van der Waals surface area (Å²) in [6, 6.07) is 0. The molecule has 1 N–H and O–H groups in total. The normalized spacial score (nSPS) is 54.2. The monoisotopic (exact) mass is 184 g/mol. The fourth-order valence-corrected chi connectivity index (χ4v) is 2.25. The third kappa shape index (κ3) is 1.08. The molecule has 0 unspecified atom stereocenters. The molecule has 0 aliphatic carbocycles. The van der Waals surface area contributed by atoms with Gasteiger partial charge in [0.05, 0.1) is 12.2 Å². The first-order valence-corrected chi connectivity index (χ1v) is 4.71. The predicted octanol–water partition coefficient (Wildman–Crippen LogP) is 0.931. The van der Waals surface area contributed by atoms with Gasteiger partial charge in [0.15, 0.2) is 5.79 Å². The molecule has 0 aromatic rings. The maximum atomic E-state index is 9.92. The van der Waals surface area contributed by atoms with Gasteiger partial charge < -0.3 is 14.6 Å². The zero-order chi connectivity index (χ0) is 9.64. The van der Waals surface area contributed by atoms with Gasteiger partial charge in [0.2, 0.25) is 0 Å². The molecule has 3 heteroatoms. The van der Waals surface area contributed by atoms with Gasteiger partial charge in [-0.25, -0.2) is 0 Å². The lowest BCUT2D eigenvalue weighted by atomic mass is 9.84. The number of methoxy groups -OCH3 is 1. The van der Waals surface area contributed by atoms with Gasteiger partial charge in [-0.1, -0.05) is 19.9 Å². The first-order valence-electron chi connectivity index (χ1n) is 4.71. The second kappa shape index (κ2) is 2.80. The Hall–Kier alpha value is -0.380. The van der Waals surface area contributed by atoms with Gasteiger partial charge in [0, 0.05) is 18.9 Å². The summed E-state index contributed by atoms with van der Waals surface area (Å²) in [5.41, 5.74) is 0. The smallest absolute Gasteiger partial charge is 0.193 e. The minimum atomic E-state index is -0.684. The minimum absolute atomic E-state index is 0.00569. The van der Waals surface area contributed by atoms with E-state index in [1.54, 1.807) is 7.11 Å². The van der Waals surface area contributed by atoms with Crippen molar-refractivity contribution in [1.82, 2.24) is 0 Å². The van der Waals surface area contributed by atoms with E-state index in [4.69, 9.17) is 9.47 Å². The Kier molecular flexibility index (Phi) is 1.98. The van der Waals surface area contributed by atoms with Crippen LogP contribution in [0.1, 0.15) is 13.8 Å². The van der Waals surface area contributed by atoms with Crippen LogP contribution in [0.2, 0.25) is 0 Å². The molecule has 0 radical (unpaired) electrons. The Morgan fingerprint density at radius 3 is 2.77 bits per heavy atom. The quantitative estimate of drug-likeness (QED) is 0.616. The van der Waals surface area contributed by atoms with E-state index in [1.165, 1.54) is 0 Å². The van der Waals surface area contributed by atoms with Gasteiger partial charge >= 0.3 is 0 Å².